The highest BCUT2D eigenvalue weighted by Crippen LogP contribution is 2.36. The Bertz CT molecular complexity index is 603. The molecule has 3 heterocycles. The van der Waals surface area contributed by atoms with Crippen LogP contribution < -0.4 is 0 Å². The van der Waals surface area contributed by atoms with Crippen molar-refractivity contribution in [2.24, 2.45) is 0 Å². The molecule has 6 heteroatoms. The maximum atomic E-state index is 6.07. The van der Waals surface area contributed by atoms with Crippen LogP contribution in [-0.4, -0.2) is 15.2 Å². The molecule has 0 aliphatic heterocycles. The fourth-order valence-electron chi connectivity index (χ4n) is 1.29. The van der Waals surface area contributed by atoms with E-state index in [0.29, 0.717) is 0 Å². The minimum atomic E-state index is 0.737. The number of aromatic nitrogens is 3. The molecule has 3 aromatic rings. The molecule has 0 atom stereocenters. The lowest BCUT2D eigenvalue weighted by molar-refractivity contribution is 1.10. The van der Waals surface area contributed by atoms with E-state index in [4.69, 9.17) is 11.6 Å². The summed E-state index contributed by atoms with van der Waals surface area (Å²) in [5.74, 6) is 0. The minimum Gasteiger partial charge on any atom is -0.255 e. The van der Waals surface area contributed by atoms with Crippen LogP contribution in [0.2, 0.25) is 5.02 Å². The standard InChI is InChI=1S/C9H4ClN3S2/c10-5-1-2-11-6-3-7(15-8(5)6)9-13-12-4-14-9/h1-4H. The molecule has 0 aromatic carbocycles. The Kier molecular flexibility index (Phi) is 2.16. The molecule has 0 amide bonds. The molecule has 3 nitrogen and oxygen atoms in total. The number of nitrogens with zero attached hydrogens (tertiary/aromatic N) is 3. The van der Waals surface area contributed by atoms with E-state index < -0.39 is 0 Å². The van der Waals surface area contributed by atoms with Gasteiger partial charge in [0.1, 0.15) is 5.51 Å². The van der Waals surface area contributed by atoms with Crippen LogP contribution in [-0.2, 0) is 0 Å². The summed E-state index contributed by atoms with van der Waals surface area (Å²) in [5, 5.41) is 9.48. The Morgan fingerprint density at radius 3 is 3.00 bits per heavy atom. The van der Waals surface area contributed by atoms with Crippen LogP contribution in [0.4, 0.5) is 0 Å². The summed E-state index contributed by atoms with van der Waals surface area (Å²) in [4.78, 5) is 5.32. The van der Waals surface area contributed by atoms with Crippen LogP contribution >= 0.6 is 34.3 Å². The van der Waals surface area contributed by atoms with Crippen LogP contribution in [0.3, 0.4) is 0 Å². The van der Waals surface area contributed by atoms with Gasteiger partial charge in [-0.25, -0.2) is 0 Å². The Balaban J connectivity index is 2.27. The third kappa shape index (κ3) is 1.52. The third-order valence-corrected chi connectivity index (χ3v) is 4.38. The smallest absolute Gasteiger partial charge is 0.157 e. The summed E-state index contributed by atoms with van der Waals surface area (Å²) in [7, 11) is 0. The Labute approximate surface area is 98.4 Å². The van der Waals surface area contributed by atoms with Gasteiger partial charge in [0.2, 0.25) is 0 Å². The molecule has 0 radical (unpaired) electrons. The van der Waals surface area contributed by atoms with Gasteiger partial charge >= 0.3 is 0 Å². The molecule has 3 aromatic heterocycles. The number of thiophene rings is 1. The van der Waals surface area contributed by atoms with Crippen LogP contribution in [0, 0.1) is 0 Å². The molecule has 3 rings (SSSR count). The van der Waals surface area contributed by atoms with E-state index in [9.17, 15) is 0 Å². The predicted molar refractivity (Wildman–Crippen MR) is 63.5 cm³/mol. The topological polar surface area (TPSA) is 38.7 Å². The van der Waals surface area contributed by atoms with Crippen molar-refractivity contribution in [3.05, 3.63) is 28.9 Å². The summed E-state index contributed by atoms with van der Waals surface area (Å²) in [6.07, 6.45) is 1.71. The van der Waals surface area contributed by atoms with Crippen LogP contribution in [0.25, 0.3) is 20.1 Å². The van der Waals surface area contributed by atoms with E-state index in [-0.39, 0.29) is 0 Å². The van der Waals surface area contributed by atoms with E-state index in [1.807, 2.05) is 6.07 Å². The molecule has 0 saturated heterocycles. The van der Waals surface area contributed by atoms with Gasteiger partial charge in [0.25, 0.3) is 0 Å². The zero-order valence-electron chi connectivity index (χ0n) is 7.35. The fourth-order valence-corrected chi connectivity index (χ4v) is 3.19. The molecule has 0 saturated carbocycles. The number of hydrogen-bond donors (Lipinski definition) is 0. The first-order valence-corrected chi connectivity index (χ1v) is 6.22. The van der Waals surface area contributed by atoms with Gasteiger partial charge in [0.05, 0.1) is 20.1 Å². The first-order chi connectivity index (χ1) is 7.34. The van der Waals surface area contributed by atoms with E-state index in [1.165, 1.54) is 11.3 Å². The van der Waals surface area contributed by atoms with Crippen molar-refractivity contribution in [1.29, 1.82) is 0 Å². The molecule has 15 heavy (non-hydrogen) atoms. The second-order valence-corrected chi connectivity index (χ2v) is 5.15. The average Bonchev–Trinajstić information content (AvgIpc) is 2.86. The second-order valence-electron chi connectivity index (χ2n) is 2.86. The van der Waals surface area contributed by atoms with Gasteiger partial charge in [-0.15, -0.1) is 21.5 Å². The lowest BCUT2D eigenvalue weighted by atomic mass is 10.4. The molecule has 0 N–H and O–H groups in total. The number of fused-ring (bicyclic) bond motifs is 1. The number of hydrogen-bond acceptors (Lipinski definition) is 5. The molecule has 0 fully saturated rings. The molecule has 0 spiro atoms. The largest absolute Gasteiger partial charge is 0.255 e. The van der Waals surface area contributed by atoms with Gasteiger partial charge in [0.15, 0.2) is 5.01 Å². The first kappa shape index (κ1) is 9.21. The van der Waals surface area contributed by atoms with Gasteiger partial charge in [-0.3, -0.25) is 4.98 Å². The Hall–Kier alpha value is -1.04. The summed E-state index contributed by atoms with van der Waals surface area (Å²) in [6, 6.07) is 3.79. The van der Waals surface area contributed by atoms with Gasteiger partial charge in [-0.1, -0.05) is 22.9 Å². The SMILES string of the molecule is Clc1ccnc2cc(-c3nncs3)sc12. The van der Waals surface area contributed by atoms with E-state index >= 15 is 0 Å². The molecule has 0 aliphatic carbocycles. The Morgan fingerprint density at radius 2 is 2.27 bits per heavy atom. The maximum Gasteiger partial charge on any atom is 0.157 e. The third-order valence-electron chi connectivity index (χ3n) is 1.93. The van der Waals surface area contributed by atoms with Crippen molar-refractivity contribution < 1.29 is 0 Å². The van der Waals surface area contributed by atoms with E-state index in [0.717, 1.165) is 25.1 Å². The highest BCUT2D eigenvalue weighted by Gasteiger charge is 2.09. The summed E-state index contributed by atoms with van der Waals surface area (Å²) >= 11 is 9.18. The Morgan fingerprint density at radius 1 is 1.33 bits per heavy atom. The zero-order chi connectivity index (χ0) is 10.3. The average molecular weight is 254 g/mol. The minimum absolute atomic E-state index is 0.737. The van der Waals surface area contributed by atoms with Crippen LogP contribution in [0.15, 0.2) is 23.8 Å². The zero-order valence-corrected chi connectivity index (χ0v) is 9.73. The van der Waals surface area contributed by atoms with Crippen molar-refractivity contribution in [3.63, 3.8) is 0 Å². The summed E-state index contributed by atoms with van der Waals surface area (Å²) in [6.45, 7) is 0. The quantitative estimate of drug-likeness (QED) is 0.667. The number of pyridine rings is 1. The van der Waals surface area contributed by atoms with Crippen LogP contribution in [0.5, 0.6) is 0 Å². The predicted octanol–water partition coefficient (Wildman–Crippen LogP) is 3.47. The molecular weight excluding hydrogens is 250 g/mol. The molecule has 0 unspecified atom stereocenters. The second kappa shape index (κ2) is 3.52. The van der Waals surface area contributed by atoms with Gasteiger partial charge in [-0.05, 0) is 12.1 Å². The van der Waals surface area contributed by atoms with Crippen molar-refractivity contribution in [3.8, 4) is 9.88 Å². The first-order valence-electron chi connectivity index (χ1n) is 4.15. The highest BCUT2D eigenvalue weighted by atomic mass is 35.5. The molecular formula is C9H4ClN3S2. The maximum absolute atomic E-state index is 6.07. The lowest BCUT2D eigenvalue weighted by Crippen LogP contribution is -1.70. The van der Waals surface area contributed by atoms with Crippen molar-refractivity contribution >= 4 is 44.5 Å². The molecule has 74 valence electrons. The van der Waals surface area contributed by atoms with E-state index in [2.05, 4.69) is 15.2 Å². The van der Waals surface area contributed by atoms with Crippen LogP contribution in [0.1, 0.15) is 0 Å². The van der Waals surface area contributed by atoms with Gasteiger partial charge < -0.3 is 0 Å². The van der Waals surface area contributed by atoms with Crippen molar-refractivity contribution in [2.75, 3.05) is 0 Å². The van der Waals surface area contributed by atoms with E-state index in [1.54, 1.807) is 29.1 Å². The monoisotopic (exact) mass is 253 g/mol. The molecule has 0 aliphatic rings. The fraction of sp³-hybridized carbons (Fsp3) is 0. The number of rotatable bonds is 1. The highest BCUT2D eigenvalue weighted by molar-refractivity contribution is 7.25. The lowest BCUT2D eigenvalue weighted by Gasteiger charge is -1.88. The van der Waals surface area contributed by atoms with Crippen molar-refractivity contribution in [1.82, 2.24) is 15.2 Å². The van der Waals surface area contributed by atoms with Gasteiger partial charge in [0, 0.05) is 6.20 Å². The molecule has 0 bridgehead atoms. The summed E-state index contributed by atoms with van der Waals surface area (Å²) < 4.78 is 1.00. The van der Waals surface area contributed by atoms with Crippen molar-refractivity contribution in [2.45, 2.75) is 0 Å². The van der Waals surface area contributed by atoms with Gasteiger partial charge in [-0.2, -0.15) is 0 Å². The normalized spacial score (nSPS) is 11.0. The summed E-state index contributed by atoms with van der Waals surface area (Å²) in [5.41, 5.74) is 2.63. The number of halogens is 1.